The van der Waals surface area contributed by atoms with E-state index in [1.54, 1.807) is 6.20 Å². The van der Waals surface area contributed by atoms with Crippen molar-refractivity contribution in [1.82, 2.24) is 20.3 Å². The Bertz CT molecular complexity index is 358. The third-order valence-corrected chi connectivity index (χ3v) is 3.18. The van der Waals surface area contributed by atoms with Crippen LogP contribution in [0.3, 0.4) is 0 Å². The van der Waals surface area contributed by atoms with Crippen molar-refractivity contribution in [3.05, 3.63) is 12.4 Å². The fourth-order valence-corrected chi connectivity index (χ4v) is 2.17. The van der Waals surface area contributed by atoms with Crippen molar-refractivity contribution >= 4 is 5.91 Å². The van der Waals surface area contributed by atoms with E-state index in [0.717, 1.165) is 25.7 Å². The van der Waals surface area contributed by atoms with Gasteiger partial charge in [-0.05, 0) is 12.8 Å². The van der Waals surface area contributed by atoms with Gasteiger partial charge >= 0.3 is 0 Å². The first-order valence-electron chi connectivity index (χ1n) is 6.01. The molecule has 0 aliphatic heterocycles. The molecule has 6 heteroatoms. The Morgan fingerprint density at radius 1 is 1.41 bits per heavy atom. The van der Waals surface area contributed by atoms with Crippen LogP contribution in [0.15, 0.2) is 12.4 Å². The molecule has 0 unspecified atom stereocenters. The maximum atomic E-state index is 11.6. The van der Waals surface area contributed by atoms with Crippen molar-refractivity contribution in [2.45, 2.75) is 44.2 Å². The minimum absolute atomic E-state index is 0.144. The molecule has 1 aromatic rings. The Morgan fingerprint density at radius 3 is 2.82 bits per heavy atom. The van der Waals surface area contributed by atoms with Gasteiger partial charge in [-0.15, -0.1) is 5.10 Å². The van der Waals surface area contributed by atoms with Gasteiger partial charge in [0, 0.05) is 12.7 Å². The molecule has 1 saturated carbocycles. The van der Waals surface area contributed by atoms with Gasteiger partial charge in [0.1, 0.15) is 6.54 Å². The number of rotatable bonds is 4. The topological polar surface area (TPSA) is 80.0 Å². The number of carbonyl (C=O) groups is 1. The third kappa shape index (κ3) is 3.52. The summed E-state index contributed by atoms with van der Waals surface area (Å²) in [6.45, 7) is 0.483. The van der Waals surface area contributed by atoms with Gasteiger partial charge in [-0.25, -0.2) is 4.68 Å². The number of aromatic nitrogens is 3. The summed E-state index contributed by atoms with van der Waals surface area (Å²) in [5, 5.41) is 20.3. The first kappa shape index (κ1) is 12.0. The van der Waals surface area contributed by atoms with Crippen LogP contribution in [0.25, 0.3) is 0 Å². The largest absolute Gasteiger partial charge is 0.388 e. The second-order valence-electron chi connectivity index (χ2n) is 4.66. The molecule has 1 aliphatic rings. The summed E-state index contributed by atoms with van der Waals surface area (Å²) < 4.78 is 1.46. The fraction of sp³-hybridized carbons (Fsp3) is 0.727. The van der Waals surface area contributed by atoms with E-state index in [0.29, 0.717) is 6.54 Å². The van der Waals surface area contributed by atoms with Gasteiger partial charge < -0.3 is 10.4 Å². The predicted molar refractivity (Wildman–Crippen MR) is 61.1 cm³/mol. The smallest absolute Gasteiger partial charge is 0.241 e. The molecule has 2 rings (SSSR count). The molecule has 94 valence electrons. The maximum Gasteiger partial charge on any atom is 0.241 e. The van der Waals surface area contributed by atoms with E-state index in [4.69, 9.17) is 0 Å². The summed E-state index contributed by atoms with van der Waals surface area (Å²) >= 11 is 0. The van der Waals surface area contributed by atoms with Crippen LogP contribution >= 0.6 is 0 Å². The van der Waals surface area contributed by atoms with Gasteiger partial charge in [0.15, 0.2) is 0 Å². The van der Waals surface area contributed by atoms with Crippen molar-refractivity contribution in [1.29, 1.82) is 0 Å². The summed E-state index contributed by atoms with van der Waals surface area (Å²) in [4.78, 5) is 11.6. The number of nitrogens with one attached hydrogen (secondary N) is 1. The molecule has 0 aromatic carbocycles. The molecule has 1 aliphatic carbocycles. The average molecular weight is 238 g/mol. The van der Waals surface area contributed by atoms with Crippen LogP contribution in [0.2, 0.25) is 0 Å². The van der Waals surface area contributed by atoms with Gasteiger partial charge in [0.2, 0.25) is 5.91 Å². The van der Waals surface area contributed by atoms with Crippen LogP contribution in [-0.4, -0.2) is 38.2 Å². The van der Waals surface area contributed by atoms with Crippen LogP contribution in [0.1, 0.15) is 32.1 Å². The summed E-state index contributed by atoms with van der Waals surface area (Å²) in [6.07, 6.45) is 7.96. The van der Waals surface area contributed by atoms with Crippen molar-refractivity contribution in [3.8, 4) is 0 Å². The van der Waals surface area contributed by atoms with Crippen molar-refractivity contribution in [3.63, 3.8) is 0 Å². The fourth-order valence-electron chi connectivity index (χ4n) is 2.17. The first-order valence-corrected chi connectivity index (χ1v) is 6.01. The molecule has 0 bridgehead atoms. The maximum absolute atomic E-state index is 11.6. The summed E-state index contributed by atoms with van der Waals surface area (Å²) in [5.41, 5.74) is -0.712. The van der Waals surface area contributed by atoms with Crippen molar-refractivity contribution < 1.29 is 9.90 Å². The first-order chi connectivity index (χ1) is 8.18. The highest BCUT2D eigenvalue weighted by Crippen LogP contribution is 2.27. The number of hydrogen-bond donors (Lipinski definition) is 2. The summed E-state index contributed by atoms with van der Waals surface area (Å²) in [7, 11) is 0. The van der Waals surface area contributed by atoms with Crippen molar-refractivity contribution in [2.24, 2.45) is 0 Å². The van der Waals surface area contributed by atoms with E-state index >= 15 is 0 Å². The highest BCUT2D eigenvalue weighted by Gasteiger charge is 2.29. The molecule has 1 aromatic heterocycles. The lowest BCUT2D eigenvalue weighted by molar-refractivity contribution is -0.123. The lowest BCUT2D eigenvalue weighted by atomic mass is 9.85. The number of aliphatic hydroxyl groups is 1. The molecule has 0 atom stereocenters. The van der Waals surface area contributed by atoms with E-state index in [1.807, 2.05) is 0 Å². The van der Waals surface area contributed by atoms with E-state index in [-0.39, 0.29) is 12.5 Å². The van der Waals surface area contributed by atoms with Crippen LogP contribution in [0.4, 0.5) is 0 Å². The molecular weight excluding hydrogens is 220 g/mol. The molecule has 2 N–H and O–H groups in total. The molecule has 0 spiro atoms. The standard InChI is InChI=1S/C11H18N4O2/c16-10(8-15-7-6-13-14-15)12-9-11(17)4-2-1-3-5-11/h6-7,17H,1-5,8-9H2,(H,12,16). The lowest BCUT2D eigenvalue weighted by Crippen LogP contribution is -2.45. The number of amides is 1. The van der Waals surface area contributed by atoms with Gasteiger partial charge in [-0.2, -0.15) is 0 Å². The monoisotopic (exact) mass is 238 g/mol. The van der Waals surface area contributed by atoms with Crippen molar-refractivity contribution in [2.75, 3.05) is 6.54 Å². The molecule has 17 heavy (non-hydrogen) atoms. The van der Waals surface area contributed by atoms with Crippen LogP contribution < -0.4 is 5.32 Å². The minimum Gasteiger partial charge on any atom is -0.388 e. The Labute approximate surface area is 100 Å². The molecule has 0 radical (unpaired) electrons. The Hall–Kier alpha value is -1.43. The molecular formula is C11H18N4O2. The van der Waals surface area contributed by atoms with E-state index in [2.05, 4.69) is 15.6 Å². The molecule has 0 saturated heterocycles. The van der Waals surface area contributed by atoms with Gasteiger partial charge in [0.25, 0.3) is 0 Å². The average Bonchev–Trinajstić information content (AvgIpc) is 2.80. The second kappa shape index (κ2) is 5.27. The van der Waals surface area contributed by atoms with E-state index < -0.39 is 5.60 Å². The zero-order valence-electron chi connectivity index (χ0n) is 9.80. The molecule has 1 fully saturated rings. The van der Waals surface area contributed by atoms with Gasteiger partial charge in [-0.3, -0.25) is 4.79 Å². The third-order valence-electron chi connectivity index (χ3n) is 3.18. The molecule has 6 nitrogen and oxygen atoms in total. The Balaban J connectivity index is 1.75. The lowest BCUT2D eigenvalue weighted by Gasteiger charge is -2.32. The second-order valence-corrected chi connectivity index (χ2v) is 4.66. The number of nitrogens with zero attached hydrogens (tertiary/aromatic N) is 3. The highest BCUT2D eigenvalue weighted by molar-refractivity contribution is 5.75. The quantitative estimate of drug-likeness (QED) is 0.779. The number of carbonyl (C=O) groups excluding carboxylic acids is 1. The minimum atomic E-state index is -0.712. The van der Waals surface area contributed by atoms with E-state index in [9.17, 15) is 9.90 Å². The summed E-state index contributed by atoms with van der Waals surface area (Å²) in [6, 6.07) is 0. The Kier molecular flexibility index (Phi) is 3.73. The normalized spacial score (nSPS) is 18.9. The Morgan fingerprint density at radius 2 is 2.18 bits per heavy atom. The predicted octanol–water partition coefficient (Wildman–Crippen LogP) is 0.0895. The zero-order chi connectivity index (χ0) is 12.1. The van der Waals surface area contributed by atoms with Gasteiger partial charge in [-0.1, -0.05) is 24.5 Å². The van der Waals surface area contributed by atoms with Gasteiger partial charge in [0.05, 0.1) is 11.8 Å². The molecule has 1 heterocycles. The SMILES string of the molecule is O=C(Cn1ccnn1)NCC1(O)CCCCC1. The zero-order valence-corrected chi connectivity index (χ0v) is 9.80. The van der Waals surface area contributed by atoms with Crippen LogP contribution in [0, 0.1) is 0 Å². The summed E-state index contributed by atoms with van der Waals surface area (Å²) in [5.74, 6) is -0.144. The van der Waals surface area contributed by atoms with Crippen LogP contribution in [-0.2, 0) is 11.3 Å². The highest BCUT2D eigenvalue weighted by atomic mass is 16.3. The molecule has 1 amide bonds. The van der Waals surface area contributed by atoms with E-state index in [1.165, 1.54) is 17.3 Å². The number of hydrogen-bond acceptors (Lipinski definition) is 4. The van der Waals surface area contributed by atoms with Crippen LogP contribution in [0.5, 0.6) is 0 Å².